The predicted molar refractivity (Wildman–Crippen MR) is 84.2 cm³/mol. The van der Waals surface area contributed by atoms with Crippen LogP contribution in [0.25, 0.3) is 0 Å². The molecule has 1 aromatic rings. The van der Waals surface area contributed by atoms with Crippen molar-refractivity contribution in [3.05, 3.63) is 35.4 Å². The zero-order chi connectivity index (χ0) is 14.5. The maximum atomic E-state index is 12.3. The van der Waals surface area contributed by atoms with Gasteiger partial charge in [-0.25, -0.2) is 0 Å². The Labute approximate surface area is 123 Å². The summed E-state index contributed by atoms with van der Waals surface area (Å²) in [5.41, 5.74) is 2.25. The Kier molecular flexibility index (Phi) is 5.36. The third-order valence-corrected chi connectivity index (χ3v) is 4.58. The molecule has 1 unspecified atom stereocenters. The van der Waals surface area contributed by atoms with E-state index in [2.05, 4.69) is 18.0 Å². The van der Waals surface area contributed by atoms with Gasteiger partial charge in [0.15, 0.2) is 5.78 Å². The van der Waals surface area contributed by atoms with Gasteiger partial charge in [-0.3, -0.25) is 4.79 Å². The van der Waals surface area contributed by atoms with Crippen LogP contribution in [-0.2, 0) is 6.42 Å². The minimum absolute atomic E-state index is 0.260. The number of rotatable bonds is 2. The highest BCUT2D eigenvalue weighted by Gasteiger charge is 2.32. The number of nitrogens with zero attached hydrogens (tertiary/aromatic N) is 1. The van der Waals surface area contributed by atoms with E-state index in [1.54, 1.807) is 0 Å². The lowest BCUT2D eigenvalue weighted by Crippen LogP contribution is -2.31. The van der Waals surface area contributed by atoms with Crippen molar-refractivity contribution >= 4 is 5.78 Å². The first-order chi connectivity index (χ1) is 9.74. The number of ketones is 1. The maximum absolute atomic E-state index is 12.3. The van der Waals surface area contributed by atoms with Crippen LogP contribution in [0.5, 0.6) is 0 Å². The van der Waals surface area contributed by atoms with Gasteiger partial charge in [0.25, 0.3) is 0 Å². The number of carbonyl (C=O) groups excluding carboxylic acids is 1. The summed E-state index contributed by atoms with van der Waals surface area (Å²) in [7, 11) is 2.19. The van der Waals surface area contributed by atoms with E-state index < -0.39 is 0 Å². The van der Waals surface area contributed by atoms with Gasteiger partial charge in [0, 0.05) is 11.5 Å². The monoisotopic (exact) mass is 273 g/mol. The first-order valence-electron chi connectivity index (χ1n) is 8.04. The third kappa shape index (κ3) is 3.29. The van der Waals surface area contributed by atoms with Gasteiger partial charge in [0.1, 0.15) is 0 Å². The fourth-order valence-corrected chi connectivity index (χ4v) is 3.41. The number of carbonyl (C=O) groups is 1. The van der Waals surface area contributed by atoms with E-state index in [4.69, 9.17) is 0 Å². The minimum Gasteiger partial charge on any atom is -0.306 e. The average Bonchev–Trinajstić information content (AvgIpc) is 2.81. The molecule has 1 atom stereocenters. The fourth-order valence-electron chi connectivity index (χ4n) is 3.41. The van der Waals surface area contributed by atoms with Crippen molar-refractivity contribution in [2.45, 2.75) is 39.5 Å². The lowest BCUT2D eigenvalue weighted by molar-refractivity contribution is 0.0903. The zero-order valence-corrected chi connectivity index (χ0v) is 13.1. The molecule has 0 bridgehead atoms. The molecule has 1 aliphatic heterocycles. The first-order valence-corrected chi connectivity index (χ1v) is 8.04. The van der Waals surface area contributed by atoms with E-state index >= 15 is 0 Å². The van der Waals surface area contributed by atoms with Crippen molar-refractivity contribution in [3.63, 3.8) is 0 Å². The smallest absolute Gasteiger partial charge is 0.166 e. The summed E-state index contributed by atoms with van der Waals surface area (Å²) in [6.07, 6.45) is 4.59. The highest BCUT2D eigenvalue weighted by molar-refractivity contribution is 6.02. The van der Waals surface area contributed by atoms with Gasteiger partial charge in [-0.2, -0.15) is 0 Å². The molecule has 0 radical (unpaired) electrons. The number of benzene rings is 1. The Hall–Kier alpha value is -1.15. The Morgan fingerprint density at radius 3 is 2.45 bits per heavy atom. The van der Waals surface area contributed by atoms with Crippen LogP contribution in [0.2, 0.25) is 0 Å². The first kappa shape index (κ1) is 15.2. The summed E-state index contributed by atoms with van der Waals surface area (Å²) >= 11 is 0. The Bertz CT molecular complexity index is 446. The van der Waals surface area contributed by atoms with E-state index in [9.17, 15) is 4.79 Å². The van der Waals surface area contributed by atoms with Gasteiger partial charge in [-0.05, 0) is 57.3 Å². The zero-order valence-electron chi connectivity index (χ0n) is 13.1. The topological polar surface area (TPSA) is 20.3 Å². The van der Waals surface area contributed by atoms with E-state index in [1.165, 1.54) is 31.5 Å². The predicted octanol–water partition coefficient (Wildman–Crippen LogP) is 3.80. The molecule has 1 fully saturated rings. The number of Topliss-reactive ketones (excluding diaryl/α,β-unsaturated/α-hetero) is 1. The van der Waals surface area contributed by atoms with Crippen molar-refractivity contribution < 1.29 is 4.79 Å². The van der Waals surface area contributed by atoms with Gasteiger partial charge in [-0.15, -0.1) is 0 Å². The molecular weight excluding hydrogens is 246 g/mol. The highest BCUT2D eigenvalue weighted by Crippen LogP contribution is 2.33. The lowest BCUT2D eigenvalue weighted by atomic mass is 9.85. The number of likely N-dealkylation sites (tertiary alicyclic amines) is 1. The number of fused-ring (bicyclic) bond motifs is 1. The Balaban J connectivity index is 0.000000704. The molecular formula is C18H27NO. The maximum Gasteiger partial charge on any atom is 0.166 e. The van der Waals surface area contributed by atoms with E-state index in [0.717, 1.165) is 24.3 Å². The van der Waals surface area contributed by atoms with Crippen molar-refractivity contribution in [1.82, 2.24) is 4.90 Å². The molecule has 1 heterocycles. The molecule has 3 rings (SSSR count). The molecule has 0 aromatic heterocycles. The second-order valence-corrected chi connectivity index (χ2v) is 5.90. The van der Waals surface area contributed by atoms with Crippen LogP contribution in [0.4, 0.5) is 0 Å². The minimum atomic E-state index is 0.260. The Morgan fingerprint density at radius 2 is 1.80 bits per heavy atom. The molecule has 0 spiro atoms. The van der Waals surface area contributed by atoms with Crippen LogP contribution < -0.4 is 0 Å². The quantitative estimate of drug-likeness (QED) is 0.817. The second kappa shape index (κ2) is 7.03. The van der Waals surface area contributed by atoms with Crippen molar-refractivity contribution in [2.24, 2.45) is 11.8 Å². The van der Waals surface area contributed by atoms with Crippen molar-refractivity contribution in [3.8, 4) is 0 Å². The number of hydrogen-bond acceptors (Lipinski definition) is 2. The summed E-state index contributed by atoms with van der Waals surface area (Å²) in [4.78, 5) is 14.7. The Morgan fingerprint density at radius 1 is 1.15 bits per heavy atom. The van der Waals surface area contributed by atoms with E-state index in [-0.39, 0.29) is 5.92 Å². The fraction of sp³-hybridized carbons (Fsp3) is 0.611. The molecule has 1 aromatic carbocycles. The van der Waals surface area contributed by atoms with Crippen LogP contribution in [0.1, 0.15) is 49.0 Å². The molecule has 20 heavy (non-hydrogen) atoms. The molecule has 1 saturated heterocycles. The van der Waals surface area contributed by atoms with Gasteiger partial charge < -0.3 is 4.90 Å². The standard InChI is InChI=1S/C16H21NO.C2H6/c1-17-8-6-12(7-9-17)10-14-11-13-4-2-3-5-15(13)16(14)18;1-2/h2-5,12,14H,6-11H2,1H3;1-2H3. The molecule has 0 N–H and O–H groups in total. The third-order valence-electron chi connectivity index (χ3n) is 4.58. The van der Waals surface area contributed by atoms with Gasteiger partial charge in [0.05, 0.1) is 0 Å². The number of hydrogen-bond donors (Lipinski definition) is 0. The molecule has 1 aliphatic carbocycles. The summed E-state index contributed by atoms with van der Waals surface area (Å²) in [6, 6.07) is 8.13. The molecule has 2 nitrogen and oxygen atoms in total. The summed E-state index contributed by atoms with van der Waals surface area (Å²) in [5, 5.41) is 0. The van der Waals surface area contributed by atoms with Gasteiger partial charge in [-0.1, -0.05) is 38.1 Å². The van der Waals surface area contributed by atoms with Crippen molar-refractivity contribution in [1.29, 1.82) is 0 Å². The summed E-state index contributed by atoms with van der Waals surface area (Å²) < 4.78 is 0. The van der Waals surface area contributed by atoms with Gasteiger partial charge >= 0.3 is 0 Å². The normalized spacial score (nSPS) is 23.1. The largest absolute Gasteiger partial charge is 0.306 e. The molecule has 110 valence electrons. The summed E-state index contributed by atoms with van der Waals surface area (Å²) in [6.45, 7) is 6.39. The average molecular weight is 273 g/mol. The second-order valence-electron chi connectivity index (χ2n) is 5.90. The number of piperidine rings is 1. The molecule has 0 saturated carbocycles. The summed E-state index contributed by atoms with van der Waals surface area (Å²) in [5.74, 6) is 1.41. The molecule has 0 amide bonds. The SMILES string of the molecule is CC.CN1CCC(CC2Cc3ccccc3C2=O)CC1. The molecule has 2 aliphatic rings. The van der Waals surface area contributed by atoms with Crippen molar-refractivity contribution in [2.75, 3.05) is 20.1 Å². The highest BCUT2D eigenvalue weighted by atomic mass is 16.1. The van der Waals surface area contributed by atoms with Crippen LogP contribution in [-0.4, -0.2) is 30.8 Å². The van der Waals surface area contributed by atoms with Crippen LogP contribution in [0, 0.1) is 11.8 Å². The van der Waals surface area contributed by atoms with Crippen LogP contribution in [0.15, 0.2) is 24.3 Å². The molecule has 2 heteroatoms. The van der Waals surface area contributed by atoms with Crippen LogP contribution in [0.3, 0.4) is 0 Å². The van der Waals surface area contributed by atoms with Crippen LogP contribution >= 0.6 is 0 Å². The van der Waals surface area contributed by atoms with E-state index in [1.807, 2.05) is 32.0 Å². The van der Waals surface area contributed by atoms with E-state index in [0.29, 0.717) is 5.78 Å². The lowest BCUT2D eigenvalue weighted by Gasteiger charge is -2.30. The van der Waals surface area contributed by atoms with Gasteiger partial charge in [0.2, 0.25) is 0 Å².